The van der Waals surface area contributed by atoms with Crippen LogP contribution in [0.2, 0.25) is 0 Å². The van der Waals surface area contributed by atoms with Gasteiger partial charge in [0.1, 0.15) is 12.5 Å². The Bertz CT molecular complexity index is 1230. The van der Waals surface area contributed by atoms with Crippen molar-refractivity contribution in [1.29, 1.82) is 0 Å². The van der Waals surface area contributed by atoms with E-state index < -0.39 is 23.8 Å². The molecule has 0 radical (unpaired) electrons. The van der Waals surface area contributed by atoms with Gasteiger partial charge in [0, 0.05) is 28.6 Å². The Labute approximate surface area is 210 Å². The summed E-state index contributed by atoms with van der Waals surface area (Å²) in [5, 5.41) is 5.38. The van der Waals surface area contributed by atoms with Crippen molar-refractivity contribution in [1.82, 2.24) is 5.32 Å². The maximum Gasteiger partial charge on any atom is 0.336 e. The molecule has 0 unspecified atom stereocenters. The van der Waals surface area contributed by atoms with Crippen LogP contribution >= 0.6 is 11.8 Å². The van der Waals surface area contributed by atoms with Crippen LogP contribution in [0.25, 0.3) is 10.8 Å². The maximum absolute atomic E-state index is 13.8. The molecule has 184 valence electrons. The fraction of sp³-hybridized carbons (Fsp3) is 0.393. The standard InChI is InChI=1S/C28H31NO5S/c1-5-35-13-12-34-28(32)23-17(3)29-21-14-16(2)22(27(31)33-4)26(30)25(21)24(23)20-11-10-18-8-6-7-9-19(18)15-20/h6-11,15-16,22,24,29H,5,12-14H2,1-4H3/t16-,22+,24-/m0/s1. The Kier molecular flexibility index (Phi) is 7.65. The highest BCUT2D eigenvalue weighted by Crippen LogP contribution is 2.45. The van der Waals surface area contributed by atoms with Gasteiger partial charge in [-0.15, -0.1) is 0 Å². The lowest BCUT2D eigenvalue weighted by Gasteiger charge is -2.38. The number of ether oxygens (including phenoxy) is 2. The molecule has 2 aromatic carbocycles. The zero-order valence-electron chi connectivity index (χ0n) is 20.6. The number of ketones is 1. The number of hydrogen-bond donors (Lipinski definition) is 1. The van der Waals surface area contributed by atoms with E-state index in [1.165, 1.54) is 7.11 Å². The molecule has 3 atom stereocenters. The molecular formula is C28H31NO5S. The third-order valence-electron chi connectivity index (χ3n) is 6.73. The SMILES string of the molecule is CCSCCOC(=O)C1=C(C)NC2=C(C(=O)[C@H](C(=O)OC)[C@@H](C)C2)[C@H]1c1ccc2ccccc2c1. The quantitative estimate of drug-likeness (QED) is 0.339. The van der Waals surface area contributed by atoms with Gasteiger partial charge in [0.15, 0.2) is 5.78 Å². The Morgan fingerprint density at radius 1 is 1.14 bits per heavy atom. The van der Waals surface area contributed by atoms with Gasteiger partial charge in [-0.3, -0.25) is 9.59 Å². The van der Waals surface area contributed by atoms with Gasteiger partial charge in [-0.1, -0.05) is 56.3 Å². The smallest absolute Gasteiger partial charge is 0.336 e. The number of Topliss-reactive ketones (excluding diaryl/α,β-unsaturated/α-hetero) is 1. The number of allylic oxidation sites excluding steroid dienone is 3. The van der Waals surface area contributed by atoms with E-state index in [0.29, 0.717) is 35.6 Å². The van der Waals surface area contributed by atoms with Gasteiger partial charge in [0.25, 0.3) is 0 Å². The van der Waals surface area contributed by atoms with Crippen LogP contribution in [0.4, 0.5) is 0 Å². The first-order chi connectivity index (χ1) is 16.9. The molecule has 35 heavy (non-hydrogen) atoms. The summed E-state index contributed by atoms with van der Waals surface area (Å²) in [5.74, 6) is -1.39. The molecule has 1 N–H and O–H groups in total. The van der Waals surface area contributed by atoms with Crippen LogP contribution < -0.4 is 5.32 Å². The predicted molar refractivity (Wildman–Crippen MR) is 138 cm³/mol. The monoisotopic (exact) mass is 493 g/mol. The van der Waals surface area contributed by atoms with Gasteiger partial charge in [-0.05, 0) is 41.4 Å². The molecule has 1 heterocycles. The van der Waals surface area contributed by atoms with Crippen LogP contribution in [-0.2, 0) is 23.9 Å². The van der Waals surface area contributed by atoms with E-state index in [4.69, 9.17) is 9.47 Å². The van der Waals surface area contributed by atoms with Crippen molar-refractivity contribution in [3.63, 3.8) is 0 Å². The Morgan fingerprint density at radius 3 is 2.60 bits per heavy atom. The van der Waals surface area contributed by atoms with Crippen molar-refractivity contribution >= 4 is 40.3 Å². The molecule has 4 rings (SSSR count). The molecule has 0 spiro atoms. The molecule has 2 aromatic rings. The fourth-order valence-electron chi connectivity index (χ4n) is 5.09. The molecule has 2 aliphatic rings. The third-order valence-corrected chi connectivity index (χ3v) is 7.60. The molecule has 0 bridgehead atoms. The Balaban J connectivity index is 1.82. The number of nitrogens with one attached hydrogen (secondary N) is 1. The van der Waals surface area contributed by atoms with Gasteiger partial charge in [-0.2, -0.15) is 11.8 Å². The minimum absolute atomic E-state index is 0.217. The Morgan fingerprint density at radius 2 is 1.89 bits per heavy atom. The number of fused-ring (bicyclic) bond motifs is 1. The second-order valence-corrected chi connectivity index (χ2v) is 10.4. The number of carbonyl (C=O) groups excluding carboxylic acids is 3. The van der Waals surface area contributed by atoms with Crippen LogP contribution in [0.3, 0.4) is 0 Å². The van der Waals surface area contributed by atoms with E-state index in [9.17, 15) is 14.4 Å². The van der Waals surface area contributed by atoms with E-state index in [-0.39, 0.29) is 11.7 Å². The number of methoxy groups -OCH3 is 1. The summed E-state index contributed by atoms with van der Waals surface area (Å²) >= 11 is 1.70. The molecule has 0 aromatic heterocycles. The number of dihydropyridines is 1. The first kappa shape index (κ1) is 25.0. The van der Waals surface area contributed by atoms with Gasteiger partial charge in [0.05, 0.1) is 12.7 Å². The van der Waals surface area contributed by atoms with Crippen molar-refractivity contribution in [3.8, 4) is 0 Å². The van der Waals surface area contributed by atoms with Crippen LogP contribution in [0.1, 0.15) is 38.7 Å². The molecule has 1 aliphatic carbocycles. The van der Waals surface area contributed by atoms with Gasteiger partial charge < -0.3 is 14.8 Å². The van der Waals surface area contributed by atoms with E-state index in [1.807, 2.05) is 56.3 Å². The van der Waals surface area contributed by atoms with Gasteiger partial charge in [0.2, 0.25) is 0 Å². The van der Waals surface area contributed by atoms with Crippen LogP contribution in [0.5, 0.6) is 0 Å². The van der Waals surface area contributed by atoms with E-state index in [2.05, 4.69) is 12.2 Å². The first-order valence-corrected chi connectivity index (χ1v) is 13.1. The third kappa shape index (κ3) is 4.87. The summed E-state index contributed by atoms with van der Waals surface area (Å²) in [7, 11) is 1.30. The zero-order valence-corrected chi connectivity index (χ0v) is 21.4. The van der Waals surface area contributed by atoms with E-state index in [0.717, 1.165) is 27.8 Å². The fourth-order valence-corrected chi connectivity index (χ4v) is 5.58. The predicted octanol–water partition coefficient (Wildman–Crippen LogP) is 4.75. The van der Waals surface area contributed by atoms with Crippen molar-refractivity contribution in [2.24, 2.45) is 11.8 Å². The summed E-state index contributed by atoms with van der Waals surface area (Å²) in [6, 6.07) is 13.9. The van der Waals surface area contributed by atoms with E-state index >= 15 is 0 Å². The van der Waals surface area contributed by atoms with Crippen molar-refractivity contribution < 1.29 is 23.9 Å². The van der Waals surface area contributed by atoms with Gasteiger partial charge in [-0.25, -0.2) is 4.79 Å². The van der Waals surface area contributed by atoms with E-state index in [1.54, 1.807) is 11.8 Å². The summed E-state index contributed by atoms with van der Waals surface area (Å²) in [5.41, 5.74) is 3.11. The normalized spacial score (nSPS) is 22.1. The van der Waals surface area contributed by atoms with Gasteiger partial charge >= 0.3 is 11.9 Å². The second-order valence-electron chi connectivity index (χ2n) is 8.97. The van der Waals surface area contributed by atoms with Crippen molar-refractivity contribution in [2.45, 2.75) is 33.1 Å². The number of rotatable bonds is 7. The molecular weight excluding hydrogens is 462 g/mol. The second kappa shape index (κ2) is 10.7. The van der Waals surface area contributed by atoms with Crippen molar-refractivity contribution in [2.75, 3.05) is 25.2 Å². The molecule has 7 heteroatoms. The van der Waals surface area contributed by atoms with Crippen LogP contribution in [-0.4, -0.2) is 42.9 Å². The molecule has 6 nitrogen and oxygen atoms in total. The van der Waals surface area contributed by atoms with Crippen LogP contribution in [0, 0.1) is 11.8 Å². The first-order valence-electron chi connectivity index (χ1n) is 11.9. The topological polar surface area (TPSA) is 81.7 Å². The number of hydrogen-bond acceptors (Lipinski definition) is 7. The summed E-state index contributed by atoms with van der Waals surface area (Å²) in [4.78, 5) is 39.8. The summed E-state index contributed by atoms with van der Waals surface area (Å²) in [6.45, 7) is 6.07. The number of thioether (sulfide) groups is 1. The molecule has 0 amide bonds. The van der Waals surface area contributed by atoms with Crippen LogP contribution in [0.15, 0.2) is 65.0 Å². The largest absolute Gasteiger partial charge is 0.468 e. The number of benzene rings is 2. The molecule has 1 aliphatic heterocycles. The summed E-state index contributed by atoms with van der Waals surface area (Å²) in [6.07, 6.45) is 0.512. The maximum atomic E-state index is 13.8. The zero-order chi connectivity index (χ0) is 25.1. The average Bonchev–Trinajstić information content (AvgIpc) is 2.85. The lowest BCUT2D eigenvalue weighted by Crippen LogP contribution is -2.43. The van der Waals surface area contributed by atoms with Crippen molar-refractivity contribution in [3.05, 3.63) is 70.6 Å². The highest BCUT2D eigenvalue weighted by molar-refractivity contribution is 7.99. The highest BCUT2D eigenvalue weighted by atomic mass is 32.2. The number of carbonyl (C=O) groups is 3. The molecule has 0 fully saturated rings. The minimum Gasteiger partial charge on any atom is -0.468 e. The Hall–Kier alpha value is -3.06. The lowest BCUT2D eigenvalue weighted by molar-refractivity contribution is -0.151. The average molecular weight is 494 g/mol. The molecule has 0 saturated heterocycles. The summed E-state index contributed by atoms with van der Waals surface area (Å²) < 4.78 is 10.6. The highest BCUT2D eigenvalue weighted by Gasteiger charge is 2.47. The molecule has 0 saturated carbocycles. The lowest BCUT2D eigenvalue weighted by atomic mass is 9.69. The number of esters is 2. The minimum atomic E-state index is -0.903.